The lowest BCUT2D eigenvalue weighted by molar-refractivity contribution is 0.372. The average molecular weight is 400 g/mol. The number of rotatable bonds is 6. The molecule has 0 radical (unpaired) electrons. The van der Waals surface area contributed by atoms with Gasteiger partial charge in [-0.25, -0.2) is 4.98 Å². The second kappa shape index (κ2) is 6.84. The van der Waals surface area contributed by atoms with Crippen molar-refractivity contribution >= 4 is 33.0 Å². The first-order valence-corrected chi connectivity index (χ1v) is 8.96. The Labute approximate surface area is 153 Å². The van der Waals surface area contributed by atoms with Crippen LogP contribution in [-0.2, 0) is 10.0 Å². The summed E-state index contributed by atoms with van der Waals surface area (Å²) in [5.41, 5.74) is 0.214. The van der Waals surface area contributed by atoms with E-state index in [9.17, 15) is 8.42 Å². The van der Waals surface area contributed by atoms with Gasteiger partial charge in [-0.3, -0.25) is 4.72 Å². The highest BCUT2D eigenvalue weighted by molar-refractivity contribution is 7.92. The van der Waals surface area contributed by atoms with Crippen LogP contribution in [0.15, 0.2) is 29.6 Å². The highest BCUT2D eigenvalue weighted by atomic mass is 35.5. The number of halogens is 1. The number of fused-ring (bicyclic) bond motifs is 1. The number of methoxy groups -OCH3 is 3. The summed E-state index contributed by atoms with van der Waals surface area (Å²) in [6.07, 6.45) is 1.39. The van der Waals surface area contributed by atoms with E-state index in [1.165, 1.54) is 44.2 Å². The van der Waals surface area contributed by atoms with Crippen LogP contribution in [0.25, 0.3) is 5.65 Å². The first-order valence-electron chi connectivity index (χ1n) is 7.09. The fourth-order valence-electron chi connectivity index (χ4n) is 2.15. The summed E-state index contributed by atoms with van der Waals surface area (Å²) in [7, 11) is 0.0990. The summed E-state index contributed by atoms with van der Waals surface area (Å²) in [6.45, 7) is 0. The van der Waals surface area contributed by atoms with E-state index in [2.05, 4.69) is 19.8 Å². The Morgan fingerprint density at radius 2 is 1.92 bits per heavy atom. The lowest BCUT2D eigenvalue weighted by atomic mass is 10.4. The molecule has 26 heavy (non-hydrogen) atoms. The van der Waals surface area contributed by atoms with E-state index in [1.807, 2.05) is 0 Å². The van der Waals surface area contributed by atoms with Gasteiger partial charge in [-0.1, -0.05) is 11.6 Å². The van der Waals surface area contributed by atoms with Crippen LogP contribution in [0.5, 0.6) is 17.4 Å². The Morgan fingerprint density at radius 3 is 2.58 bits per heavy atom. The lowest BCUT2D eigenvalue weighted by Crippen LogP contribution is -2.16. The number of ether oxygens (including phenoxy) is 3. The molecular formula is C14H14ClN5O5S. The van der Waals surface area contributed by atoms with Crippen LogP contribution in [0.1, 0.15) is 0 Å². The predicted molar refractivity (Wildman–Crippen MR) is 92.7 cm³/mol. The predicted octanol–water partition coefficient (Wildman–Crippen LogP) is 1.60. The Balaban J connectivity index is 2.08. The number of nitrogens with zero attached hydrogens (tertiary/aromatic N) is 4. The average Bonchev–Trinajstić information content (AvgIpc) is 3.07. The van der Waals surface area contributed by atoms with Crippen molar-refractivity contribution in [2.75, 3.05) is 26.1 Å². The van der Waals surface area contributed by atoms with Crippen LogP contribution in [0, 0.1) is 0 Å². The van der Waals surface area contributed by atoms with Gasteiger partial charge in [0.05, 0.1) is 21.3 Å². The second-order valence-corrected chi connectivity index (χ2v) is 6.82. The minimum Gasteiger partial charge on any atom is -0.496 e. The first-order chi connectivity index (χ1) is 12.4. The van der Waals surface area contributed by atoms with E-state index in [0.29, 0.717) is 5.75 Å². The van der Waals surface area contributed by atoms with Gasteiger partial charge in [0.2, 0.25) is 5.88 Å². The number of nitrogens with one attached hydrogen (secondary N) is 1. The quantitative estimate of drug-likeness (QED) is 0.621. The van der Waals surface area contributed by atoms with E-state index in [-0.39, 0.29) is 28.1 Å². The van der Waals surface area contributed by atoms with Crippen molar-refractivity contribution in [3.8, 4) is 17.4 Å². The van der Waals surface area contributed by atoms with Crippen molar-refractivity contribution in [2.45, 2.75) is 5.16 Å². The zero-order valence-electron chi connectivity index (χ0n) is 13.9. The SMILES string of the molecule is COc1cc(OC)n2nc(S(=O)(=O)Nc3c(OC)ccnc3Cl)nc2c1. The zero-order valence-corrected chi connectivity index (χ0v) is 15.5. The third-order valence-corrected chi connectivity index (χ3v) is 4.78. The maximum absolute atomic E-state index is 12.7. The molecule has 0 aliphatic heterocycles. The molecule has 0 bridgehead atoms. The fourth-order valence-corrected chi connectivity index (χ4v) is 3.36. The van der Waals surface area contributed by atoms with Crippen molar-refractivity contribution in [1.29, 1.82) is 0 Å². The minimum absolute atomic E-state index is 0.0138. The summed E-state index contributed by atoms with van der Waals surface area (Å²) < 4.78 is 44.3. The molecule has 1 N–H and O–H groups in total. The van der Waals surface area contributed by atoms with Gasteiger partial charge >= 0.3 is 0 Å². The molecule has 0 unspecified atom stereocenters. The third kappa shape index (κ3) is 3.18. The van der Waals surface area contributed by atoms with Crippen LogP contribution in [0.4, 0.5) is 5.69 Å². The van der Waals surface area contributed by atoms with Crippen molar-refractivity contribution in [3.63, 3.8) is 0 Å². The molecule has 3 heterocycles. The van der Waals surface area contributed by atoms with Crippen LogP contribution >= 0.6 is 11.6 Å². The number of hydrogen-bond donors (Lipinski definition) is 1. The van der Waals surface area contributed by atoms with Gasteiger partial charge in [0.15, 0.2) is 10.8 Å². The minimum atomic E-state index is -4.17. The Morgan fingerprint density at radius 1 is 1.15 bits per heavy atom. The van der Waals surface area contributed by atoms with Gasteiger partial charge in [-0.2, -0.15) is 17.9 Å². The molecule has 3 aromatic heterocycles. The Bertz CT molecular complexity index is 1070. The van der Waals surface area contributed by atoms with Gasteiger partial charge in [0, 0.05) is 24.4 Å². The molecule has 3 aromatic rings. The van der Waals surface area contributed by atoms with E-state index < -0.39 is 15.2 Å². The second-order valence-electron chi connectivity index (χ2n) is 4.89. The molecule has 0 saturated heterocycles. The van der Waals surface area contributed by atoms with E-state index in [4.69, 9.17) is 25.8 Å². The maximum Gasteiger partial charge on any atom is 0.299 e. The molecule has 0 aliphatic carbocycles. The van der Waals surface area contributed by atoms with Crippen LogP contribution in [0.3, 0.4) is 0 Å². The van der Waals surface area contributed by atoms with E-state index in [0.717, 1.165) is 0 Å². The van der Waals surface area contributed by atoms with Crippen LogP contribution in [-0.4, -0.2) is 49.3 Å². The molecule has 3 rings (SSSR count). The molecule has 10 nitrogen and oxygen atoms in total. The Hall–Kier alpha value is -2.79. The van der Waals surface area contributed by atoms with Crippen molar-refractivity contribution in [1.82, 2.24) is 19.6 Å². The molecule has 0 saturated carbocycles. The molecule has 138 valence electrons. The molecular weight excluding hydrogens is 386 g/mol. The van der Waals surface area contributed by atoms with Crippen LogP contribution in [0.2, 0.25) is 5.15 Å². The Kier molecular flexibility index (Phi) is 4.74. The standard InChI is InChI=1S/C14H14ClN5O5S/c1-23-8-6-10-17-14(18-20(10)11(7-8)25-3)26(21,22)19-12-9(24-2)4-5-16-13(12)15/h4-7,19H,1-3H3. The fraction of sp³-hybridized carbons (Fsp3) is 0.214. The van der Waals surface area contributed by atoms with E-state index in [1.54, 1.807) is 6.07 Å². The highest BCUT2D eigenvalue weighted by Crippen LogP contribution is 2.32. The van der Waals surface area contributed by atoms with Gasteiger partial charge in [0.1, 0.15) is 17.2 Å². The smallest absolute Gasteiger partial charge is 0.299 e. The number of hydrogen-bond acceptors (Lipinski definition) is 8. The molecule has 0 aliphatic rings. The number of anilines is 1. The maximum atomic E-state index is 12.7. The first kappa shape index (κ1) is 18.0. The van der Waals surface area contributed by atoms with Gasteiger partial charge in [-0.15, -0.1) is 5.10 Å². The number of sulfonamides is 1. The summed E-state index contributed by atoms with van der Waals surface area (Å²) in [5.74, 6) is 0.900. The highest BCUT2D eigenvalue weighted by Gasteiger charge is 2.25. The lowest BCUT2D eigenvalue weighted by Gasteiger charge is -2.10. The third-order valence-electron chi connectivity index (χ3n) is 3.37. The van der Waals surface area contributed by atoms with Gasteiger partial charge < -0.3 is 14.2 Å². The zero-order chi connectivity index (χ0) is 18.9. The normalized spacial score (nSPS) is 11.4. The monoisotopic (exact) mass is 399 g/mol. The molecule has 0 amide bonds. The molecule has 0 atom stereocenters. The largest absolute Gasteiger partial charge is 0.496 e. The van der Waals surface area contributed by atoms with Crippen molar-refractivity contribution < 1.29 is 22.6 Å². The number of pyridine rings is 2. The van der Waals surface area contributed by atoms with Gasteiger partial charge in [0.25, 0.3) is 15.2 Å². The molecule has 0 fully saturated rings. The molecule has 0 aromatic carbocycles. The molecule has 12 heteroatoms. The van der Waals surface area contributed by atoms with E-state index >= 15 is 0 Å². The summed E-state index contributed by atoms with van der Waals surface area (Å²) >= 11 is 5.97. The topological polar surface area (TPSA) is 117 Å². The summed E-state index contributed by atoms with van der Waals surface area (Å²) in [6, 6.07) is 4.54. The van der Waals surface area contributed by atoms with Crippen LogP contribution < -0.4 is 18.9 Å². The van der Waals surface area contributed by atoms with Crippen molar-refractivity contribution in [2.24, 2.45) is 0 Å². The summed E-state index contributed by atoms with van der Waals surface area (Å²) in [5, 5.41) is 3.43. The summed E-state index contributed by atoms with van der Waals surface area (Å²) in [4.78, 5) is 7.85. The number of aromatic nitrogens is 4. The molecule has 0 spiro atoms. The van der Waals surface area contributed by atoms with Gasteiger partial charge in [-0.05, 0) is 0 Å². The van der Waals surface area contributed by atoms with Crippen molar-refractivity contribution in [3.05, 3.63) is 29.5 Å².